The Balaban J connectivity index is 2.08. The van der Waals surface area contributed by atoms with Gasteiger partial charge >= 0.3 is 0 Å². The second-order valence-electron chi connectivity index (χ2n) is 7.00. The molecule has 3 rings (SSSR count). The summed E-state index contributed by atoms with van der Waals surface area (Å²) >= 11 is 0. The van der Waals surface area contributed by atoms with Gasteiger partial charge in [-0.2, -0.15) is 0 Å². The topological polar surface area (TPSA) is 0 Å². The minimum absolute atomic E-state index is 0.533. The highest BCUT2D eigenvalue weighted by Gasteiger charge is 2.59. The first kappa shape index (κ1) is 9.93. The van der Waals surface area contributed by atoms with Gasteiger partial charge in [0.05, 0.1) is 0 Å². The van der Waals surface area contributed by atoms with E-state index in [4.69, 9.17) is 0 Å². The van der Waals surface area contributed by atoms with Crippen LogP contribution in [0.2, 0.25) is 0 Å². The van der Waals surface area contributed by atoms with Gasteiger partial charge in [-0.3, -0.25) is 0 Å². The highest BCUT2D eigenvalue weighted by Crippen LogP contribution is 2.68. The highest BCUT2D eigenvalue weighted by atomic mass is 14.6. The van der Waals surface area contributed by atoms with Crippen LogP contribution >= 0.6 is 0 Å². The van der Waals surface area contributed by atoms with Gasteiger partial charge in [0.25, 0.3) is 0 Å². The summed E-state index contributed by atoms with van der Waals surface area (Å²) in [5.41, 5.74) is 2.93. The minimum atomic E-state index is 0.533. The van der Waals surface area contributed by atoms with Crippen molar-refractivity contribution in [1.29, 1.82) is 0 Å². The standard InChI is InChI=1S/C15H24/c1-10-5-6-13-12(10)9-11-7-8-15(13,4)14(11,2)3/h6,10-12H,5,7-9H2,1-4H3. The van der Waals surface area contributed by atoms with Crippen molar-refractivity contribution >= 4 is 0 Å². The van der Waals surface area contributed by atoms with Crippen molar-refractivity contribution in [3.63, 3.8) is 0 Å². The summed E-state index contributed by atoms with van der Waals surface area (Å²) in [5.74, 6) is 2.86. The van der Waals surface area contributed by atoms with Crippen LogP contribution in [0.25, 0.3) is 0 Å². The first-order chi connectivity index (χ1) is 6.97. The lowest BCUT2D eigenvalue weighted by molar-refractivity contribution is 0.0577. The fourth-order valence-corrected chi connectivity index (χ4v) is 4.76. The van der Waals surface area contributed by atoms with Crippen LogP contribution in [0.5, 0.6) is 0 Å². The largest absolute Gasteiger partial charge is 0.0842 e. The van der Waals surface area contributed by atoms with Crippen molar-refractivity contribution in [2.24, 2.45) is 28.6 Å². The normalized spacial score (nSPS) is 51.5. The molecule has 0 aromatic heterocycles. The lowest BCUT2D eigenvalue weighted by atomic mass is 9.54. The van der Waals surface area contributed by atoms with Crippen LogP contribution in [0.15, 0.2) is 11.6 Å². The number of rotatable bonds is 0. The molecule has 0 aromatic carbocycles. The van der Waals surface area contributed by atoms with Gasteiger partial charge in [0.15, 0.2) is 0 Å². The van der Waals surface area contributed by atoms with E-state index in [1.54, 1.807) is 0 Å². The maximum absolute atomic E-state index is 2.60. The van der Waals surface area contributed by atoms with Crippen molar-refractivity contribution < 1.29 is 0 Å². The molecule has 3 aliphatic carbocycles. The summed E-state index contributed by atoms with van der Waals surface area (Å²) < 4.78 is 0. The van der Waals surface area contributed by atoms with Crippen LogP contribution in [-0.4, -0.2) is 0 Å². The third kappa shape index (κ3) is 0.990. The molecule has 2 saturated carbocycles. The smallest absolute Gasteiger partial charge is 0.00596 e. The number of fused-ring (bicyclic) bond motifs is 4. The zero-order valence-electron chi connectivity index (χ0n) is 10.6. The molecule has 2 fully saturated rings. The van der Waals surface area contributed by atoms with Gasteiger partial charge in [0.1, 0.15) is 0 Å². The highest BCUT2D eigenvalue weighted by molar-refractivity contribution is 5.31. The molecule has 0 saturated heterocycles. The molecule has 3 aliphatic rings. The Morgan fingerprint density at radius 3 is 2.73 bits per heavy atom. The van der Waals surface area contributed by atoms with Crippen molar-refractivity contribution in [2.75, 3.05) is 0 Å². The van der Waals surface area contributed by atoms with Crippen molar-refractivity contribution in [3.8, 4) is 0 Å². The Hall–Kier alpha value is -0.260. The van der Waals surface area contributed by atoms with E-state index in [2.05, 4.69) is 33.8 Å². The summed E-state index contributed by atoms with van der Waals surface area (Å²) in [6.45, 7) is 10.0. The molecule has 2 bridgehead atoms. The summed E-state index contributed by atoms with van der Waals surface area (Å²) in [5, 5.41) is 0. The monoisotopic (exact) mass is 204 g/mol. The summed E-state index contributed by atoms with van der Waals surface area (Å²) in [6, 6.07) is 0. The Morgan fingerprint density at radius 1 is 1.27 bits per heavy atom. The molecule has 0 heterocycles. The number of hydrogen-bond donors (Lipinski definition) is 0. The average Bonchev–Trinajstić information content (AvgIpc) is 2.55. The molecule has 0 heteroatoms. The van der Waals surface area contributed by atoms with E-state index >= 15 is 0 Å². The summed E-state index contributed by atoms with van der Waals surface area (Å²) in [7, 11) is 0. The minimum Gasteiger partial charge on any atom is -0.0842 e. The van der Waals surface area contributed by atoms with Gasteiger partial charge in [0.2, 0.25) is 0 Å². The zero-order valence-corrected chi connectivity index (χ0v) is 10.6. The molecule has 0 radical (unpaired) electrons. The van der Waals surface area contributed by atoms with E-state index in [0.717, 1.165) is 17.8 Å². The van der Waals surface area contributed by atoms with E-state index in [1.165, 1.54) is 25.7 Å². The summed E-state index contributed by atoms with van der Waals surface area (Å²) in [6.07, 6.45) is 8.34. The van der Waals surface area contributed by atoms with Gasteiger partial charge in [-0.15, -0.1) is 0 Å². The first-order valence-corrected chi connectivity index (χ1v) is 6.67. The third-order valence-electron chi connectivity index (χ3n) is 6.41. The molecular formula is C15H24. The van der Waals surface area contributed by atoms with Crippen molar-refractivity contribution in [1.82, 2.24) is 0 Å². The maximum atomic E-state index is 2.60. The first-order valence-electron chi connectivity index (χ1n) is 6.67. The van der Waals surface area contributed by atoms with E-state index in [1.807, 2.05) is 5.57 Å². The van der Waals surface area contributed by atoms with Crippen LogP contribution < -0.4 is 0 Å². The molecule has 0 aliphatic heterocycles. The lowest BCUT2D eigenvalue weighted by Crippen LogP contribution is -2.43. The zero-order chi connectivity index (χ0) is 10.8. The van der Waals surface area contributed by atoms with Gasteiger partial charge in [0, 0.05) is 0 Å². The second-order valence-corrected chi connectivity index (χ2v) is 7.00. The molecule has 0 aromatic rings. The van der Waals surface area contributed by atoms with Crippen LogP contribution in [0.3, 0.4) is 0 Å². The van der Waals surface area contributed by atoms with E-state index in [9.17, 15) is 0 Å². The maximum Gasteiger partial charge on any atom is -0.00596 e. The molecular weight excluding hydrogens is 180 g/mol. The average molecular weight is 204 g/mol. The third-order valence-corrected chi connectivity index (χ3v) is 6.41. The van der Waals surface area contributed by atoms with E-state index < -0.39 is 0 Å². The Kier molecular flexibility index (Phi) is 1.79. The van der Waals surface area contributed by atoms with Gasteiger partial charge in [-0.05, 0) is 54.3 Å². The lowest BCUT2D eigenvalue weighted by Gasteiger charge is -2.50. The number of hydrogen-bond acceptors (Lipinski definition) is 0. The summed E-state index contributed by atoms with van der Waals surface area (Å²) in [4.78, 5) is 0. The quantitative estimate of drug-likeness (QED) is 0.513. The fraction of sp³-hybridized carbons (Fsp3) is 0.867. The van der Waals surface area contributed by atoms with Crippen molar-refractivity contribution in [2.45, 2.75) is 53.4 Å². The molecule has 0 N–H and O–H groups in total. The predicted octanol–water partition coefficient (Wildman–Crippen LogP) is 4.42. The molecule has 0 nitrogen and oxygen atoms in total. The molecule has 84 valence electrons. The van der Waals surface area contributed by atoms with Crippen molar-refractivity contribution in [3.05, 3.63) is 11.6 Å². The van der Waals surface area contributed by atoms with Gasteiger partial charge in [-0.25, -0.2) is 0 Å². The molecule has 0 amide bonds. The van der Waals surface area contributed by atoms with Crippen LogP contribution in [0.1, 0.15) is 53.4 Å². The Labute approximate surface area is 94.1 Å². The molecule has 0 spiro atoms. The number of allylic oxidation sites excluding steroid dienone is 2. The predicted molar refractivity (Wildman–Crippen MR) is 64.6 cm³/mol. The van der Waals surface area contributed by atoms with E-state index in [0.29, 0.717) is 10.8 Å². The fourth-order valence-electron chi connectivity index (χ4n) is 4.76. The Morgan fingerprint density at radius 2 is 2.00 bits per heavy atom. The molecule has 4 unspecified atom stereocenters. The second kappa shape index (κ2) is 2.70. The van der Waals surface area contributed by atoms with E-state index in [-0.39, 0.29) is 0 Å². The van der Waals surface area contributed by atoms with Crippen LogP contribution in [0, 0.1) is 28.6 Å². The van der Waals surface area contributed by atoms with Gasteiger partial charge < -0.3 is 0 Å². The Bertz CT molecular complexity index is 323. The van der Waals surface area contributed by atoms with Crippen LogP contribution in [-0.2, 0) is 0 Å². The molecule has 15 heavy (non-hydrogen) atoms. The molecule has 4 atom stereocenters. The van der Waals surface area contributed by atoms with Gasteiger partial charge in [-0.1, -0.05) is 39.3 Å². The SMILES string of the molecule is CC1CC=C2C1CC1CCC2(C)C1(C)C. The van der Waals surface area contributed by atoms with Crippen LogP contribution in [0.4, 0.5) is 0 Å².